The number of benzene rings is 2. The Hall–Kier alpha value is -3.28. The summed E-state index contributed by atoms with van der Waals surface area (Å²) in [4.78, 5) is 4.71. The van der Waals surface area contributed by atoms with Gasteiger partial charge in [-0.2, -0.15) is 5.10 Å². The standard InChI is InChI=1S/C24H24F2N4/c1-13(2)20-11-21(29-28-20)24-27-22(18-7-6-17(25)10-19(18)26)12-30(24)23-15(4)8-14(3)9-16(23)5/h6-13H,1-5H3,(H,28,29). The molecule has 2 heterocycles. The van der Waals surface area contributed by atoms with Crippen LogP contribution in [0.4, 0.5) is 8.78 Å². The second kappa shape index (κ2) is 7.52. The minimum atomic E-state index is -0.645. The van der Waals surface area contributed by atoms with Gasteiger partial charge in [0, 0.05) is 23.5 Å². The van der Waals surface area contributed by atoms with Gasteiger partial charge in [-0.05, 0) is 56.0 Å². The topological polar surface area (TPSA) is 46.5 Å². The molecule has 0 amide bonds. The summed E-state index contributed by atoms with van der Waals surface area (Å²) in [5.41, 5.74) is 6.65. The van der Waals surface area contributed by atoms with E-state index >= 15 is 0 Å². The van der Waals surface area contributed by atoms with Crippen molar-refractivity contribution in [2.24, 2.45) is 0 Å². The van der Waals surface area contributed by atoms with Crippen LogP contribution in [0.5, 0.6) is 0 Å². The van der Waals surface area contributed by atoms with Gasteiger partial charge in [0.25, 0.3) is 0 Å². The Balaban J connectivity index is 1.97. The lowest BCUT2D eigenvalue weighted by molar-refractivity contribution is 0.585. The molecule has 6 heteroatoms. The normalized spacial score (nSPS) is 11.5. The van der Waals surface area contributed by atoms with E-state index in [4.69, 9.17) is 4.98 Å². The van der Waals surface area contributed by atoms with Crippen LogP contribution in [0, 0.1) is 32.4 Å². The number of aromatic nitrogens is 4. The van der Waals surface area contributed by atoms with Crippen molar-refractivity contribution in [1.82, 2.24) is 19.7 Å². The van der Waals surface area contributed by atoms with Gasteiger partial charge in [-0.3, -0.25) is 9.67 Å². The highest BCUT2D eigenvalue weighted by Crippen LogP contribution is 2.32. The van der Waals surface area contributed by atoms with Crippen LogP contribution in [0.25, 0.3) is 28.5 Å². The predicted octanol–water partition coefficient (Wildman–Crippen LogP) is 6.26. The van der Waals surface area contributed by atoms with E-state index in [9.17, 15) is 8.78 Å². The zero-order valence-electron chi connectivity index (χ0n) is 17.7. The van der Waals surface area contributed by atoms with E-state index in [1.807, 2.05) is 24.5 Å². The minimum Gasteiger partial charge on any atom is -0.297 e. The third kappa shape index (κ3) is 3.54. The summed E-state index contributed by atoms with van der Waals surface area (Å²) in [6.07, 6.45) is 1.79. The molecular formula is C24H24F2N4. The van der Waals surface area contributed by atoms with Crippen LogP contribution in [0.1, 0.15) is 42.1 Å². The molecule has 0 aliphatic carbocycles. The van der Waals surface area contributed by atoms with E-state index < -0.39 is 11.6 Å². The van der Waals surface area contributed by atoms with Gasteiger partial charge in [-0.15, -0.1) is 0 Å². The Morgan fingerprint density at radius 1 is 0.933 bits per heavy atom. The molecule has 0 bridgehead atoms. The lowest BCUT2D eigenvalue weighted by atomic mass is 10.0. The number of H-pyrrole nitrogens is 1. The Morgan fingerprint density at radius 3 is 2.23 bits per heavy atom. The Kier molecular flexibility index (Phi) is 5.02. The van der Waals surface area contributed by atoms with Crippen molar-refractivity contribution in [3.8, 4) is 28.5 Å². The highest BCUT2D eigenvalue weighted by Gasteiger charge is 2.20. The molecule has 154 valence electrons. The number of aryl methyl sites for hydroxylation is 3. The summed E-state index contributed by atoms with van der Waals surface area (Å²) >= 11 is 0. The minimum absolute atomic E-state index is 0.249. The van der Waals surface area contributed by atoms with Crippen LogP contribution in [0.15, 0.2) is 42.6 Å². The third-order valence-electron chi connectivity index (χ3n) is 5.24. The van der Waals surface area contributed by atoms with Gasteiger partial charge in [0.15, 0.2) is 5.82 Å². The van der Waals surface area contributed by atoms with Gasteiger partial charge >= 0.3 is 0 Å². The largest absolute Gasteiger partial charge is 0.297 e. The molecule has 0 saturated heterocycles. The number of nitrogens with zero attached hydrogens (tertiary/aromatic N) is 3. The molecule has 4 aromatic rings. The fourth-order valence-corrected chi connectivity index (χ4v) is 3.86. The molecule has 4 rings (SSSR count). The fraction of sp³-hybridized carbons (Fsp3) is 0.250. The first-order valence-electron chi connectivity index (χ1n) is 9.93. The van der Waals surface area contributed by atoms with Crippen molar-refractivity contribution < 1.29 is 8.78 Å². The van der Waals surface area contributed by atoms with Crippen molar-refractivity contribution in [1.29, 1.82) is 0 Å². The van der Waals surface area contributed by atoms with Crippen molar-refractivity contribution in [3.05, 3.63) is 76.6 Å². The third-order valence-corrected chi connectivity index (χ3v) is 5.24. The van der Waals surface area contributed by atoms with Crippen LogP contribution < -0.4 is 0 Å². The van der Waals surface area contributed by atoms with Gasteiger partial charge < -0.3 is 0 Å². The van der Waals surface area contributed by atoms with Crippen LogP contribution in [0.3, 0.4) is 0 Å². The van der Waals surface area contributed by atoms with Gasteiger partial charge in [0.05, 0.1) is 11.4 Å². The number of imidazole rings is 1. The van der Waals surface area contributed by atoms with Crippen LogP contribution in [0.2, 0.25) is 0 Å². The molecule has 0 fully saturated rings. The average Bonchev–Trinajstić information content (AvgIpc) is 3.28. The zero-order valence-corrected chi connectivity index (χ0v) is 17.7. The Morgan fingerprint density at radius 2 is 1.63 bits per heavy atom. The van der Waals surface area contributed by atoms with Gasteiger partial charge in [-0.25, -0.2) is 13.8 Å². The fourth-order valence-electron chi connectivity index (χ4n) is 3.86. The highest BCUT2D eigenvalue weighted by atomic mass is 19.1. The summed E-state index contributed by atoms with van der Waals surface area (Å²) in [5, 5.41) is 7.51. The van der Waals surface area contributed by atoms with E-state index in [0.717, 1.165) is 28.6 Å². The maximum atomic E-state index is 14.5. The van der Waals surface area contributed by atoms with E-state index in [2.05, 4.69) is 43.1 Å². The quantitative estimate of drug-likeness (QED) is 0.435. The number of aromatic amines is 1. The van der Waals surface area contributed by atoms with E-state index in [0.29, 0.717) is 17.2 Å². The number of halogens is 2. The molecule has 0 saturated carbocycles. The molecule has 1 N–H and O–H groups in total. The lowest BCUT2D eigenvalue weighted by Crippen LogP contribution is -2.02. The molecule has 0 spiro atoms. The van der Waals surface area contributed by atoms with E-state index in [-0.39, 0.29) is 11.5 Å². The summed E-state index contributed by atoms with van der Waals surface area (Å²) in [5.74, 6) is -0.373. The Labute approximate surface area is 174 Å². The van der Waals surface area contributed by atoms with Crippen molar-refractivity contribution in [3.63, 3.8) is 0 Å². The van der Waals surface area contributed by atoms with Crippen molar-refractivity contribution in [2.45, 2.75) is 40.5 Å². The summed E-state index contributed by atoms with van der Waals surface area (Å²) in [6, 6.07) is 9.71. The molecule has 0 radical (unpaired) electrons. The number of hydrogen-bond acceptors (Lipinski definition) is 2. The van der Waals surface area contributed by atoms with Gasteiger partial charge in [0.2, 0.25) is 0 Å². The van der Waals surface area contributed by atoms with Crippen LogP contribution >= 0.6 is 0 Å². The SMILES string of the molecule is Cc1cc(C)c(-n2cc(-c3ccc(F)cc3F)nc2-c2cc(C(C)C)[nH]n2)c(C)c1. The molecule has 4 nitrogen and oxygen atoms in total. The zero-order chi connectivity index (χ0) is 21.6. The number of hydrogen-bond donors (Lipinski definition) is 1. The van der Waals surface area contributed by atoms with Gasteiger partial charge in [-0.1, -0.05) is 31.5 Å². The summed E-state index contributed by atoms with van der Waals surface area (Å²) < 4.78 is 29.9. The van der Waals surface area contributed by atoms with E-state index in [1.165, 1.54) is 17.7 Å². The van der Waals surface area contributed by atoms with Crippen molar-refractivity contribution in [2.75, 3.05) is 0 Å². The maximum Gasteiger partial charge on any atom is 0.165 e. The lowest BCUT2D eigenvalue weighted by Gasteiger charge is -2.14. The van der Waals surface area contributed by atoms with Crippen LogP contribution in [-0.4, -0.2) is 19.7 Å². The molecule has 0 aliphatic heterocycles. The Bertz CT molecular complexity index is 1210. The highest BCUT2D eigenvalue weighted by molar-refractivity contribution is 5.67. The first kappa shape index (κ1) is 20.0. The molecule has 2 aromatic carbocycles. The number of nitrogens with one attached hydrogen (secondary N) is 1. The molecule has 0 unspecified atom stereocenters. The summed E-state index contributed by atoms with van der Waals surface area (Å²) in [6.45, 7) is 10.3. The van der Waals surface area contributed by atoms with Gasteiger partial charge in [0.1, 0.15) is 17.3 Å². The maximum absolute atomic E-state index is 14.5. The number of rotatable bonds is 4. The predicted molar refractivity (Wildman–Crippen MR) is 115 cm³/mol. The molecule has 2 aromatic heterocycles. The van der Waals surface area contributed by atoms with E-state index in [1.54, 1.807) is 6.20 Å². The molecular weight excluding hydrogens is 382 g/mol. The molecule has 30 heavy (non-hydrogen) atoms. The molecule has 0 atom stereocenters. The average molecular weight is 406 g/mol. The van der Waals surface area contributed by atoms with Crippen LogP contribution in [-0.2, 0) is 0 Å². The first-order chi connectivity index (χ1) is 14.2. The second-order valence-corrected chi connectivity index (χ2v) is 8.05. The second-order valence-electron chi connectivity index (χ2n) is 8.05. The first-order valence-corrected chi connectivity index (χ1v) is 9.93. The smallest absolute Gasteiger partial charge is 0.165 e. The monoisotopic (exact) mass is 406 g/mol. The van der Waals surface area contributed by atoms with Crippen molar-refractivity contribution >= 4 is 0 Å². The summed E-state index contributed by atoms with van der Waals surface area (Å²) in [7, 11) is 0. The molecule has 0 aliphatic rings.